The number of carbonyl (C=O) groups excluding carboxylic acids is 3. The summed E-state index contributed by atoms with van der Waals surface area (Å²) in [6, 6.07) is 20.5. The normalized spacial score (nSPS) is 17.0. The molecule has 0 spiro atoms. The number of benzene rings is 3. The Bertz CT molecular complexity index is 1360. The molecule has 1 amide bonds. The van der Waals surface area contributed by atoms with Crippen molar-refractivity contribution in [3.63, 3.8) is 0 Å². The second kappa shape index (κ2) is 12.4. The highest BCUT2D eigenvalue weighted by atomic mass is 79.9. The van der Waals surface area contributed by atoms with Gasteiger partial charge in [-0.25, -0.2) is 4.79 Å². The standard InChI is InChI=1S/C33H36BrNO5/c1-21-17-24(18-22(2)31(21)40-33(4,5)23(3)36)11-12-26-19-35(32(38)39-28-9-7-6-8-10-28)20-29(26)30(37)25-13-15-27(34)16-14-25/h6-10,13-18,26,29H,11-12,19-20H2,1-5H3/t26-,29-/m0/s1. The van der Waals surface area contributed by atoms with Gasteiger partial charge in [0.15, 0.2) is 17.2 Å². The minimum absolute atomic E-state index is 0.0207. The number of carbonyl (C=O) groups is 3. The van der Waals surface area contributed by atoms with Crippen molar-refractivity contribution >= 4 is 33.6 Å². The fourth-order valence-corrected chi connectivity index (χ4v) is 5.38. The van der Waals surface area contributed by atoms with Crippen molar-refractivity contribution in [2.75, 3.05) is 13.1 Å². The van der Waals surface area contributed by atoms with Crippen LogP contribution in [0.2, 0.25) is 0 Å². The van der Waals surface area contributed by atoms with Gasteiger partial charge >= 0.3 is 6.09 Å². The molecule has 0 bridgehead atoms. The van der Waals surface area contributed by atoms with Crippen molar-refractivity contribution < 1.29 is 23.9 Å². The highest BCUT2D eigenvalue weighted by molar-refractivity contribution is 9.10. The number of amides is 1. The van der Waals surface area contributed by atoms with E-state index < -0.39 is 11.7 Å². The molecule has 2 atom stereocenters. The van der Waals surface area contributed by atoms with E-state index >= 15 is 0 Å². The van der Waals surface area contributed by atoms with E-state index in [1.165, 1.54) is 6.92 Å². The molecule has 40 heavy (non-hydrogen) atoms. The first kappa shape index (κ1) is 29.5. The van der Waals surface area contributed by atoms with E-state index in [1.807, 2.05) is 56.3 Å². The van der Waals surface area contributed by atoms with E-state index in [0.717, 1.165) is 39.8 Å². The lowest BCUT2D eigenvalue weighted by Crippen LogP contribution is -2.36. The van der Waals surface area contributed by atoms with Crippen molar-refractivity contribution in [1.82, 2.24) is 4.90 Å². The van der Waals surface area contributed by atoms with Crippen LogP contribution < -0.4 is 9.47 Å². The van der Waals surface area contributed by atoms with Crippen LogP contribution in [0.15, 0.2) is 71.2 Å². The van der Waals surface area contributed by atoms with E-state index in [0.29, 0.717) is 24.4 Å². The summed E-state index contributed by atoms with van der Waals surface area (Å²) in [5.41, 5.74) is 2.79. The summed E-state index contributed by atoms with van der Waals surface area (Å²) in [6.45, 7) is 9.82. The van der Waals surface area contributed by atoms with Gasteiger partial charge in [-0.2, -0.15) is 0 Å². The van der Waals surface area contributed by atoms with Crippen molar-refractivity contribution in [2.45, 2.75) is 53.1 Å². The summed E-state index contributed by atoms with van der Waals surface area (Å²) in [7, 11) is 0. The monoisotopic (exact) mass is 605 g/mol. The van der Waals surface area contributed by atoms with Crippen molar-refractivity contribution in [3.05, 3.63) is 93.5 Å². The average Bonchev–Trinajstić information content (AvgIpc) is 3.34. The SMILES string of the molecule is CC(=O)C(C)(C)Oc1c(C)cc(CC[C@H]2CN(C(=O)Oc3ccccc3)C[C@@H]2C(=O)c2ccc(Br)cc2)cc1C. The molecule has 0 aliphatic carbocycles. The molecule has 1 fully saturated rings. The summed E-state index contributed by atoms with van der Waals surface area (Å²) in [5, 5.41) is 0. The van der Waals surface area contributed by atoms with E-state index in [1.54, 1.807) is 30.9 Å². The van der Waals surface area contributed by atoms with E-state index in [-0.39, 0.29) is 23.4 Å². The van der Waals surface area contributed by atoms with Crippen LogP contribution in [0.3, 0.4) is 0 Å². The van der Waals surface area contributed by atoms with Crippen LogP contribution in [-0.4, -0.2) is 41.3 Å². The molecule has 1 aliphatic rings. The molecule has 1 saturated heterocycles. The second-order valence-electron chi connectivity index (χ2n) is 11.1. The maximum atomic E-state index is 13.6. The van der Waals surface area contributed by atoms with Crippen LogP contribution in [0.1, 0.15) is 54.2 Å². The molecule has 1 heterocycles. The molecule has 0 saturated carbocycles. The van der Waals surface area contributed by atoms with Gasteiger partial charge in [0.2, 0.25) is 0 Å². The van der Waals surface area contributed by atoms with E-state index in [9.17, 15) is 14.4 Å². The third-order valence-corrected chi connectivity index (χ3v) is 8.17. The highest BCUT2D eigenvalue weighted by Crippen LogP contribution is 2.34. The Morgan fingerprint density at radius 2 is 1.57 bits per heavy atom. The van der Waals surface area contributed by atoms with Crippen LogP contribution in [0, 0.1) is 25.7 Å². The van der Waals surface area contributed by atoms with Gasteiger partial charge in [-0.05, 0) is 94.3 Å². The number of ether oxygens (including phenoxy) is 2. The lowest BCUT2D eigenvalue weighted by Gasteiger charge is -2.26. The van der Waals surface area contributed by atoms with Gasteiger partial charge in [0.25, 0.3) is 0 Å². The van der Waals surface area contributed by atoms with Gasteiger partial charge < -0.3 is 14.4 Å². The second-order valence-corrected chi connectivity index (χ2v) is 12.0. The molecule has 3 aromatic carbocycles. The molecule has 210 valence electrons. The summed E-state index contributed by atoms with van der Waals surface area (Å²) in [5.74, 6) is 0.859. The molecule has 0 unspecified atom stereocenters. The Hall–Kier alpha value is -3.45. The summed E-state index contributed by atoms with van der Waals surface area (Å²) >= 11 is 3.43. The zero-order valence-electron chi connectivity index (χ0n) is 23.7. The molecular weight excluding hydrogens is 570 g/mol. The number of halogens is 1. The van der Waals surface area contributed by atoms with Gasteiger partial charge in [0.1, 0.15) is 11.5 Å². The van der Waals surface area contributed by atoms with Gasteiger partial charge in [0.05, 0.1) is 0 Å². The number of para-hydroxylation sites is 1. The van der Waals surface area contributed by atoms with Crippen molar-refractivity contribution in [2.24, 2.45) is 11.8 Å². The molecule has 7 heteroatoms. The van der Waals surface area contributed by atoms with Crippen LogP contribution in [0.4, 0.5) is 4.79 Å². The molecule has 0 aromatic heterocycles. The first-order chi connectivity index (χ1) is 18.9. The predicted octanol–water partition coefficient (Wildman–Crippen LogP) is 7.37. The Morgan fingerprint density at radius 3 is 2.17 bits per heavy atom. The van der Waals surface area contributed by atoms with Gasteiger partial charge in [-0.1, -0.05) is 58.4 Å². The van der Waals surface area contributed by atoms with E-state index in [4.69, 9.17) is 9.47 Å². The molecule has 1 aliphatic heterocycles. The van der Waals surface area contributed by atoms with Crippen molar-refractivity contribution in [1.29, 1.82) is 0 Å². The Balaban J connectivity index is 1.51. The van der Waals surface area contributed by atoms with Gasteiger partial charge in [-0.15, -0.1) is 0 Å². The largest absolute Gasteiger partial charge is 0.480 e. The number of aryl methyl sites for hydroxylation is 3. The van der Waals surface area contributed by atoms with E-state index in [2.05, 4.69) is 28.1 Å². The predicted molar refractivity (Wildman–Crippen MR) is 159 cm³/mol. The van der Waals surface area contributed by atoms with Crippen LogP contribution >= 0.6 is 15.9 Å². The maximum absolute atomic E-state index is 13.6. The summed E-state index contributed by atoms with van der Waals surface area (Å²) in [6.07, 6.45) is 1.04. The zero-order chi connectivity index (χ0) is 29.0. The number of hydrogen-bond acceptors (Lipinski definition) is 5. The van der Waals surface area contributed by atoms with Crippen LogP contribution in [0.25, 0.3) is 0 Å². The first-order valence-electron chi connectivity index (χ1n) is 13.6. The third-order valence-electron chi connectivity index (χ3n) is 7.64. The molecule has 0 radical (unpaired) electrons. The smallest absolute Gasteiger partial charge is 0.415 e. The fourth-order valence-electron chi connectivity index (χ4n) is 5.12. The van der Waals surface area contributed by atoms with Gasteiger partial charge in [-0.3, -0.25) is 9.59 Å². The molecule has 3 aromatic rings. The Labute approximate surface area is 244 Å². The van der Waals surface area contributed by atoms with Gasteiger partial charge in [0, 0.05) is 29.0 Å². The Morgan fingerprint density at radius 1 is 0.950 bits per heavy atom. The lowest BCUT2D eigenvalue weighted by molar-refractivity contribution is -0.129. The first-order valence-corrected chi connectivity index (χ1v) is 14.4. The Kier molecular flexibility index (Phi) is 9.14. The van der Waals surface area contributed by atoms with Crippen LogP contribution in [0.5, 0.6) is 11.5 Å². The third kappa shape index (κ3) is 7.00. The summed E-state index contributed by atoms with van der Waals surface area (Å²) in [4.78, 5) is 40.3. The summed E-state index contributed by atoms with van der Waals surface area (Å²) < 4.78 is 12.6. The lowest BCUT2D eigenvalue weighted by atomic mass is 9.84. The maximum Gasteiger partial charge on any atom is 0.415 e. The number of ketones is 2. The minimum Gasteiger partial charge on any atom is -0.480 e. The quantitative estimate of drug-likeness (QED) is 0.238. The number of Topliss-reactive ketones (excluding diaryl/α,β-unsaturated/α-hetero) is 2. The number of nitrogens with zero attached hydrogens (tertiary/aromatic N) is 1. The molecule has 4 rings (SSSR count). The van der Waals surface area contributed by atoms with Crippen LogP contribution in [-0.2, 0) is 11.2 Å². The average molecular weight is 607 g/mol. The zero-order valence-corrected chi connectivity index (χ0v) is 25.3. The van der Waals surface area contributed by atoms with Crippen molar-refractivity contribution in [3.8, 4) is 11.5 Å². The fraction of sp³-hybridized carbons (Fsp3) is 0.364. The highest BCUT2D eigenvalue weighted by Gasteiger charge is 2.40. The number of hydrogen-bond donors (Lipinski definition) is 0. The molecular formula is C33H36BrNO5. The topological polar surface area (TPSA) is 72.9 Å². The molecule has 0 N–H and O–H groups in total. The molecule has 6 nitrogen and oxygen atoms in total. The number of rotatable bonds is 9. The number of likely N-dealkylation sites (tertiary alicyclic amines) is 1. The minimum atomic E-state index is -0.903.